The van der Waals surface area contributed by atoms with Gasteiger partial charge in [-0.1, -0.05) is 12.8 Å². The Morgan fingerprint density at radius 2 is 1.94 bits per heavy atom. The van der Waals surface area contributed by atoms with Crippen LogP contribution in [0.1, 0.15) is 50.3 Å². The van der Waals surface area contributed by atoms with Crippen LogP contribution in [-0.4, -0.2) is 50.4 Å². The Morgan fingerprint density at radius 3 is 2.61 bits per heavy atom. The second-order valence-corrected chi connectivity index (χ2v) is 5.60. The maximum absolute atomic E-state index is 10.1. The van der Waals surface area contributed by atoms with Gasteiger partial charge in [-0.05, 0) is 38.8 Å². The van der Waals surface area contributed by atoms with E-state index in [-0.39, 0.29) is 6.10 Å². The monoisotopic (exact) mass is 250 g/mol. The first-order valence-corrected chi connectivity index (χ1v) is 7.12. The van der Waals surface area contributed by atoms with Crippen LogP contribution < -0.4 is 0 Å². The molecule has 0 bridgehead atoms. The van der Waals surface area contributed by atoms with Gasteiger partial charge in [-0.15, -0.1) is 0 Å². The van der Waals surface area contributed by atoms with E-state index in [1.54, 1.807) is 6.33 Å². The summed E-state index contributed by atoms with van der Waals surface area (Å²) in [7, 11) is 0. The van der Waals surface area contributed by atoms with Crippen molar-refractivity contribution in [1.29, 1.82) is 0 Å². The van der Waals surface area contributed by atoms with E-state index in [2.05, 4.69) is 20.1 Å². The molecule has 2 N–H and O–H groups in total. The van der Waals surface area contributed by atoms with Crippen LogP contribution in [0.3, 0.4) is 0 Å². The Balaban J connectivity index is 1.56. The number of aliphatic hydroxyl groups is 1. The number of piperidine rings is 1. The van der Waals surface area contributed by atoms with Crippen LogP contribution in [0.25, 0.3) is 0 Å². The summed E-state index contributed by atoms with van der Waals surface area (Å²) in [5, 5.41) is 17.0. The van der Waals surface area contributed by atoms with Crippen molar-refractivity contribution in [3.05, 3.63) is 12.2 Å². The molecule has 5 heteroatoms. The van der Waals surface area contributed by atoms with Crippen LogP contribution >= 0.6 is 0 Å². The van der Waals surface area contributed by atoms with Crippen molar-refractivity contribution >= 4 is 0 Å². The molecule has 3 rings (SSSR count). The van der Waals surface area contributed by atoms with E-state index in [9.17, 15) is 5.11 Å². The van der Waals surface area contributed by atoms with E-state index in [1.165, 1.54) is 12.8 Å². The van der Waals surface area contributed by atoms with Gasteiger partial charge in [-0.2, -0.15) is 5.10 Å². The molecule has 2 atom stereocenters. The van der Waals surface area contributed by atoms with Gasteiger partial charge in [0.25, 0.3) is 0 Å². The Labute approximate surface area is 108 Å². The fourth-order valence-corrected chi connectivity index (χ4v) is 3.43. The second kappa shape index (κ2) is 5.36. The molecule has 2 fully saturated rings. The normalized spacial score (nSPS) is 31.6. The predicted octanol–water partition coefficient (Wildman–Crippen LogP) is 1.29. The topological polar surface area (TPSA) is 65.0 Å². The quantitative estimate of drug-likeness (QED) is 0.830. The SMILES string of the molecule is OC1CCCCC1N1CCC(c2ncn[nH]2)CC1. The zero-order chi connectivity index (χ0) is 12.4. The molecule has 0 radical (unpaired) electrons. The third kappa shape index (κ3) is 2.42. The standard InChI is InChI=1S/C13H22N4O/c18-12-4-2-1-3-11(12)17-7-5-10(6-8-17)13-14-9-15-16-13/h9-12,18H,1-8H2,(H,14,15,16). The summed E-state index contributed by atoms with van der Waals surface area (Å²) in [6.07, 6.45) is 8.32. The van der Waals surface area contributed by atoms with Crippen molar-refractivity contribution in [2.45, 2.75) is 56.6 Å². The van der Waals surface area contributed by atoms with Crippen LogP contribution in [0.15, 0.2) is 6.33 Å². The van der Waals surface area contributed by atoms with Gasteiger partial charge in [0.2, 0.25) is 0 Å². The van der Waals surface area contributed by atoms with Gasteiger partial charge in [0.05, 0.1) is 6.10 Å². The van der Waals surface area contributed by atoms with E-state index in [4.69, 9.17) is 0 Å². The molecule has 1 aromatic rings. The molecular formula is C13H22N4O. The minimum atomic E-state index is -0.111. The molecule has 100 valence electrons. The lowest BCUT2D eigenvalue weighted by molar-refractivity contribution is 0.00836. The highest BCUT2D eigenvalue weighted by atomic mass is 16.3. The lowest BCUT2D eigenvalue weighted by atomic mass is 9.88. The minimum Gasteiger partial charge on any atom is -0.391 e. The number of aromatic amines is 1. The number of aromatic nitrogens is 3. The molecule has 1 saturated carbocycles. The smallest absolute Gasteiger partial charge is 0.137 e. The third-order valence-electron chi connectivity index (χ3n) is 4.51. The first kappa shape index (κ1) is 12.1. The van der Waals surface area contributed by atoms with Gasteiger partial charge in [0, 0.05) is 12.0 Å². The minimum absolute atomic E-state index is 0.111. The molecule has 1 aliphatic heterocycles. The number of nitrogens with one attached hydrogen (secondary N) is 1. The van der Waals surface area contributed by atoms with Crippen molar-refractivity contribution < 1.29 is 5.11 Å². The Morgan fingerprint density at radius 1 is 1.17 bits per heavy atom. The van der Waals surface area contributed by atoms with Crippen molar-refractivity contribution in [2.75, 3.05) is 13.1 Å². The van der Waals surface area contributed by atoms with Crippen LogP contribution in [-0.2, 0) is 0 Å². The average Bonchev–Trinajstić information content (AvgIpc) is 2.94. The van der Waals surface area contributed by atoms with E-state index in [1.807, 2.05) is 0 Å². The summed E-state index contributed by atoms with van der Waals surface area (Å²) >= 11 is 0. The van der Waals surface area contributed by atoms with Gasteiger partial charge in [-0.25, -0.2) is 4.98 Å². The number of rotatable bonds is 2. The zero-order valence-corrected chi connectivity index (χ0v) is 10.8. The van der Waals surface area contributed by atoms with E-state index < -0.39 is 0 Å². The molecule has 0 spiro atoms. The lowest BCUT2D eigenvalue weighted by Crippen LogP contribution is -2.48. The summed E-state index contributed by atoms with van der Waals surface area (Å²) in [5.74, 6) is 1.54. The summed E-state index contributed by atoms with van der Waals surface area (Å²) in [6, 6.07) is 0.398. The fourth-order valence-electron chi connectivity index (χ4n) is 3.43. The summed E-state index contributed by atoms with van der Waals surface area (Å²) in [5.41, 5.74) is 0. The molecule has 1 aromatic heterocycles. The fraction of sp³-hybridized carbons (Fsp3) is 0.846. The van der Waals surface area contributed by atoms with Crippen molar-refractivity contribution in [1.82, 2.24) is 20.1 Å². The predicted molar refractivity (Wildman–Crippen MR) is 68.2 cm³/mol. The van der Waals surface area contributed by atoms with Gasteiger partial charge in [0.1, 0.15) is 12.2 Å². The highest BCUT2D eigenvalue weighted by molar-refractivity contribution is 4.97. The number of H-pyrrole nitrogens is 1. The van der Waals surface area contributed by atoms with E-state index in [0.717, 1.165) is 44.6 Å². The second-order valence-electron chi connectivity index (χ2n) is 5.60. The number of nitrogens with zero attached hydrogens (tertiary/aromatic N) is 3. The molecule has 1 aliphatic carbocycles. The van der Waals surface area contributed by atoms with Gasteiger partial charge in [0.15, 0.2) is 0 Å². The average molecular weight is 250 g/mol. The first-order valence-electron chi connectivity index (χ1n) is 7.12. The third-order valence-corrected chi connectivity index (χ3v) is 4.51. The number of hydrogen-bond donors (Lipinski definition) is 2. The molecule has 0 amide bonds. The van der Waals surface area contributed by atoms with Crippen LogP contribution in [0.5, 0.6) is 0 Å². The van der Waals surface area contributed by atoms with E-state index >= 15 is 0 Å². The molecule has 5 nitrogen and oxygen atoms in total. The Hall–Kier alpha value is -0.940. The largest absolute Gasteiger partial charge is 0.391 e. The number of aliphatic hydroxyl groups excluding tert-OH is 1. The van der Waals surface area contributed by atoms with Gasteiger partial charge in [-0.3, -0.25) is 10.00 Å². The van der Waals surface area contributed by atoms with Gasteiger partial charge >= 0.3 is 0 Å². The van der Waals surface area contributed by atoms with Crippen LogP contribution in [0.2, 0.25) is 0 Å². The molecule has 18 heavy (non-hydrogen) atoms. The van der Waals surface area contributed by atoms with Crippen LogP contribution in [0, 0.1) is 0 Å². The highest BCUT2D eigenvalue weighted by Crippen LogP contribution is 2.30. The molecule has 2 unspecified atom stereocenters. The highest BCUT2D eigenvalue weighted by Gasteiger charge is 2.32. The number of likely N-dealkylation sites (tertiary alicyclic amines) is 1. The lowest BCUT2D eigenvalue weighted by Gasteiger charge is -2.41. The first-order chi connectivity index (χ1) is 8.84. The van der Waals surface area contributed by atoms with Crippen LogP contribution in [0.4, 0.5) is 0 Å². The van der Waals surface area contributed by atoms with Crippen molar-refractivity contribution in [2.24, 2.45) is 0 Å². The number of hydrogen-bond acceptors (Lipinski definition) is 4. The zero-order valence-electron chi connectivity index (χ0n) is 10.8. The Kier molecular flexibility index (Phi) is 3.61. The summed E-state index contributed by atoms with van der Waals surface area (Å²) in [6.45, 7) is 2.15. The van der Waals surface area contributed by atoms with Gasteiger partial charge < -0.3 is 5.11 Å². The maximum atomic E-state index is 10.1. The Bertz CT molecular complexity index is 359. The molecule has 0 aromatic carbocycles. The molecule has 2 heterocycles. The molecule has 1 saturated heterocycles. The van der Waals surface area contributed by atoms with Crippen molar-refractivity contribution in [3.63, 3.8) is 0 Å². The summed E-state index contributed by atoms with van der Waals surface area (Å²) in [4.78, 5) is 6.74. The van der Waals surface area contributed by atoms with E-state index in [0.29, 0.717) is 12.0 Å². The molecular weight excluding hydrogens is 228 g/mol. The maximum Gasteiger partial charge on any atom is 0.137 e. The summed E-state index contributed by atoms with van der Waals surface area (Å²) < 4.78 is 0. The molecule has 2 aliphatic rings. The van der Waals surface area contributed by atoms with Crippen molar-refractivity contribution in [3.8, 4) is 0 Å².